The van der Waals surface area contributed by atoms with Gasteiger partial charge < -0.3 is 25.1 Å². The number of allylic oxidation sites excluding steroid dienone is 4. The van der Waals surface area contributed by atoms with E-state index in [1.807, 2.05) is 26.1 Å². The van der Waals surface area contributed by atoms with Gasteiger partial charge in [0.05, 0.1) is 0 Å². The maximum atomic E-state index is 12.7. The lowest BCUT2D eigenvalue weighted by Gasteiger charge is -2.33. The highest BCUT2D eigenvalue weighted by Crippen LogP contribution is 2.34. The number of amides is 1. The smallest absolute Gasteiger partial charge is 0.227 e. The molecule has 0 spiro atoms. The first-order valence-corrected chi connectivity index (χ1v) is 12.7. The Morgan fingerprint density at radius 1 is 1.25 bits per heavy atom. The second kappa shape index (κ2) is 10.0. The predicted molar refractivity (Wildman–Crippen MR) is 128 cm³/mol. The van der Waals surface area contributed by atoms with Crippen molar-refractivity contribution < 1.29 is 9.35 Å². The number of carbonyl (C=O) groups excluding carboxylic acids is 1. The molecule has 0 aliphatic carbocycles. The van der Waals surface area contributed by atoms with E-state index >= 15 is 0 Å². The molecule has 9 heteroatoms. The number of nitrogens with zero attached hydrogens (tertiary/aromatic N) is 4. The molecule has 8 nitrogen and oxygen atoms in total. The van der Waals surface area contributed by atoms with Crippen LogP contribution in [0.1, 0.15) is 38.3 Å². The summed E-state index contributed by atoms with van der Waals surface area (Å²) in [5, 5.41) is 10.9. The summed E-state index contributed by atoms with van der Waals surface area (Å²) in [6.07, 6.45) is 11.3. The fourth-order valence-corrected chi connectivity index (χ4v) is 6.09. The van der Waals surface area contributed by atoms with Crippen LogP contribution in [0.2, 0.25) is 0 Å². The van der Waals surface area contributed by atoms with Crippen molar-refractivity contribution in [1.29, 1.82) is 5.41 Å². The van der Waals surface area contributed by atoms with Crippen LogP contribution < -0.4 is 10.2 Å². The number of hydrogen-bond acceptors (Lipinski definition) is 7. The van der Waals surface area contributed by atoms with Crippen LogP contribution in [-0.4, -0.2) is 70.0 Å². The summed E-state index contributed by atoms with van der Waals surface area (Å²) in [6, 6.07) is 0.0996. The molecule has 1 aromatic rings. The van der Waals surface area contributed by atoms with Crippen LogP contribution in [0.5, 0.6) is 0 Å². The summed E-state index contributed by atoms with van der Waals surface area (Å²) < 4.78 is 12.7. The number of likely N-dealkylation sites (N-methyl/N-ethyl adjacent to an activating group) is 1. The fraction of sp³-hybridized carbons (Fsp3) is 0.565. The van der Waals surface area contributed by atoms with Crippen LogP contribution in [0, 0.1) is 11.3 Å². The quantitative estimate of drug-likeness (QED) is 0.387. The standard InChI is InChI=1S/C23H32N6O2S/c1-3-4-16(7-11-24)17-8-12-29(13-9-17)23-26-19-10-14-32(31)21(19)22(27-23)25-18-5-6-20(30)28(2)15-18/h3-4,7,11,17-18,24H,5-6,8-10,12-15H2,1-2H3,(H,25,26,27)/b4-3-,16-7+,24-11?/t18-,32?/m0/s1. The number of likely N-dealkylation sites (tertiary alicyclic amines) is 1. The molecule has 2 fully saturated rings. The van der Waals surface area contributed by atoms with E-state index in [0.29, 0.717) is 42.8 Å². The van der Waals surface area contributed by atoms with Gasteiger partial charge in [-0.25, -0.2) is 4.98 Å². The van der Waals surface area contributed by atoms with Crippen molar-refractivity contribution in [1.82, 2.24) is 14.9 Å². The highest BCUT2D eigenvalue weighted by atomic mass is 32.2. The van der Waals surface area contributed by atoms with E-state index in [1.165, 1.54) is 11.8 Å². The Hall–Kier alpha value is -2.39. The molecule has 0 bridgehead atoms. The van der Waals surface area contributed by atoms with Gasteiger partial charge in [0.15, 0.2) is 5.82 Å². The number of aromatic nitrogens is 2. The zero-order valence-electron chi connectivity index (χ0n) is 18.8. The molecule has 1 aromatic heterocycles. The van der Waals surface area contributed by atoms with Crippen LogP contribution in [0.25, 0.3) is 0 Å². The van der Waals surface area contributed by atoms with E-state index in [1.54, 1.807) is 4.90 Å². The van der Waals surface area contributed by atoms with Crippen molar-refractivity contribution in [3.63, 3.8) is 0 Å². The van der Waals surface area contributed by atoms with Crippen molar-refractivity contribution in [3.05, 3.63) is 29.5 Å². The molecule has 3 aliphatic rings. The summed E-state index contributed by atoms with van der Waals surface area (Å²) in [4.78, 5) is 26.2. The summed E-state index contributed by atoms with van der Waals surface area (Å²) in [5.41, 5.74) is 2.09. The number of nitrogens with one attached hydrogen (secondary N) is 2. The average Bonchev–Trinajstić information content (AvgIpc) is 3.17. The van der Waals surface area contributed by atoms with Gasteiger partial charge >= 0.3 is 0 Å². The second-order valence-corrected chi connectivity index (χ2v) is 10.2. The number of hydrogen-bond donors (Lipinski definition) is 2. The van der Waals surface area contributed by atoms with Gasteiger partial charge in [0.2, 0.25) is 16.8 Å². The van der Waals surface area contributed by atoms with Gasteiger partial charge in [0.25, 0.3) is 0 Å². The summed E-state index contributed by atoms with van der Waals surface area (Å²) in [5.74, 6) is 2.56. The first-order chi connectivity index (χ1) is 15.5. The number of fused-ring (bicyclic) bond motifs is 1. The van der Waals surface area contributed by atoms with Crippen LogP contribution >= 0.6 is 0 Å². The molecule has 2 atom stereocenters. The third-order valence-corrected chi connectivity index (χ3v) is 7.99. The zero-order valence-corrected chi connectivity index (χ0v) is 19.7. The fourth-order valence-electron chi connectivity index (χ4n) is 4.78. The first kappa shape index (κ1) is 22.8. The molecule has 1 amide bonds. The topological polar surface area (TPSA) is 108 Å². The van der Waals surface area contributed by atoms with Crippen molar-refractivity contribution in [2.24, 2.45) is 5.92 Å². The monoisotopic (exact) mass is 456 g/mol. The van der Waals surface area contributed by atoms with E-state index in [9.17, 15) is 9.35 Å². The summed E-state index contributed by atoms with van der Waals surface area (Å²) in [6.45, 7) is 4.32. The molecule has 2 saturated heterocycles. The number of aryl methyl sites for hydroxylation is 1. The third kappa shape index (κ3) is 4.83. The molecule has 172 valence electrons. The van der Waals surface area contributed by atoms with Gasteiger partial charge in [-0.3, -0.25) is 4.79 Å². The molecule has 0 aromatic carbocycles. The van der Waals surface area contributed by atoms with Gasteiger partial charge in [-0.1, -0.05) is 12.2 Å². The Kier molecular flexibility index (Phi) is 7.15. The Balaban J connectivity index is 1.52. The number of piperidine rings is 2. The summed E-state index contributed by atoms with van der Waals surface area (Å²) in [7, 11) is 1.82. The van der Waals surface area contributed by atoms with Crippen molar-refractivity contribution in [3.8, 4) is 0 Å². The van der Waals surface area contributed by atoms with Crippen molar-refractivity contribution >= 4 is 35.1 Å². The van der Waals surface area contributed by atoms with Crippen LogP contribution in [0.4, 0.5) is 11.8 Å². The Morgan fingerprint density at radius 2 is 2.03 bits per heavy atom. The van der Waals surface area contributed by atoms with E-state index in [2.05, 4.69) is 16.3 Å². The van der Waals surface area contributed by atoms with E-state index < -0.39 is 11.2 Å². The summed E-state index contributed by atoms with van der Waals surface area (Å²) >= 11 is -1.08. The lowest BCUT2D eigenvalue weighted by atomic mass is 9.88. The molecule has 32 heavy (non-hydrogen) atoms. The molecule has 1 unspecified atom stereocenters. The maximum Gasteiger partial charge on any atom is 0.227 e. The molecule has 0 saturated carbocycles. The lowest BCUT2D eigenvalue weighted by molar-refractivity contribution is -0.132. The molecular formula is C23H32N6O2S. The average molecular weight is 457 g/mol. The zero-order chi connectivity index (χ0) is 22.7. The number of anilines is 2. The second-order valence-electron chi connectivity index (χ2n) is 8.70. The number of rotatable bonds is 6. The Morgan fingerprint density at radius 3 is 2.72 bits per heavy atom. The van der Waals surface area contributed by atoms with E-state index in [4.69, 9.17) is 15.4 Å². The molecule has 4 heterocycles. The SMILES string of the molecule is C/C=C\C(=C/C=N)C1CCN(c2nc3c(c(N[C@H]4CCC(=O)N(C)C4)n2)[S+]([O-])CC3)CC1. The Bertz CT molecular complexity index is 925. The third-order valence-electron chi connectivity index (χ3n) is 6.53. The van der Waals surface area contributed by atoms with E-state index in [0.717, 1.165) is 42.9 Å². The van der Waals surface area contributed by atoms with Gasteiger partial charge in [0.1, 0.15) is 11.4 Å². The minimum atomic E-state index is -1.08. The van der Waals surface area contributed by atoms with Crippen LogP contribution in [-0.2, 0) is 22.4 Å². The van der Waals surface area contributed by atoms with Crippen molar-refractivity contribution in [2.45, 2.75) is 50.0 Å². The van der Waals surface area contributed by atoms with Crippen LogP contribution in [0.3, 0.4) is 0 Å². The Labute approximate surface area is 192 Å². The highest BCUT2D eigenvalue weighted by Gasteiger charge is 2.35. The number of carbonyl (C=O) groups is 1. The van der Waals surface area contributed by atoms with Gasteiger partial charge in [-0.05, 0) is 54.9 Å². The lowest BCUT2D eigenvalue weighted by Crippen LogP contribution is -2.43. The molecule has 0 radical (unpaired) electrons. The first-order valence-electron chi connectivity index (χ1n) is 11.4. The molecule has 2 N–H and O–H groups in total. The van der Waals surface area contributed by atoms with E-state index in [-0.39, 0.29) is 11.9 Å². The van der Waals surface area contributed by atoms with Gasteiger partial charge in [0, 0.05) is 51.8 Å². The van der Waals surface area contributed by atoms with Crippen LogP contribution in [0.15, 0.2) is 28.7 Å². The van der Waals surface area contributed by atoms with Crippen molar-refractivity contribution in [2.75, 3.05) is 42.7 Å². The van der Waals surface area contributed by atoms with Gasteiger partial charge in [-0.2, -0.15) is 4.98 Å². The largest absolute Gasteiger partial charge is 0.611 e. The molecular weight excluding hydrogens is 424 g/mol. The highest BCUT2D eigenvalue weighted by molar-refractivity contribution is 7.91. The molecule has 3 aliphatic heterocycles. The normalized spacial score (nSPS) is 24.8. The minimum Gasteiger partial charge on any atom is -0.611 e. The van der Waals surface area contributed by atoms with Gasteiger partial charge in [-0.15, -0.1) is 0 Å². The minimum absolute atomic E-state index is 0.0996. The molecule has 4 rings (SSSR count). The maximum absolute atomic E-state index is 12.7. The predicted octanol–water partition coefficient (Wildman–Crippen LogP) is 2.54.